The third-order valence-corrected chi connectivity index (χ3v) is 5.08. The summed E-state index contributed by atoms with van der Waals surface area (Å²) in [7, 11) is 1.61. The maximum absolute atomic E-state index is 13.0. The number of imidazole rings is 1. The molecule has 0 spiro atoms. The number of fused-ring (bicyclic) bond motifs is 1. The molecule has 1 amide bonds. The lowest BCUT2D eigenvalue weighted by Crippen LogP contribution is -2.35. The van der Waals surface area contributed by atoms with Crippen LogP contribution in [-0.2, 0) is 4.79 Å². The largest absolute Gasteiger partial charge is 0.497 e. The van der Waals surface area contributed by atoms with E-state index in [4.69, 9.17) is 4.74 Å². The summed E-state index contributed by atoms with van der Waals surface area (Å²) in [6.07, 6.45) is 3.85. The van der Waals surface area contributed by atoms with Crippen LogP contribution in [0.15, 0.2) is 18.2 Å². The molecule has 0 aliphatic heterocycles. The molecule has 6 heteroatoms. The van der Waals surface area contributed by atoms with Crippen LogP contribution in [0.5, 0.6) is 5.75 Å². The van der Waals surface area contributed by atoms with Crippen LogP contribution in [0.25, 0.3) is 11.0 Å². The third-order valence-electron chi connectivity index (χ3n) is 5.08. The van der Waals surface area contributed by atoms with Gasteiger partial charge in [-0.3, -0.25) is 9.59 Å². The lowest BCUT2D eigenvalue weighted by Gasteiger charge is -2.21. The highest BCUT2D eigenvalue weighted by atomic mass is 16.5. The van der Waals surface area contributed by atoms with Gasteiger partial charge in [0.1, 0.15) is 11.8 Å². The zero-order valence-corrected chi connectivity index (χ0v) is 16.6. The molecule has 146 valence electrons. The van der Waals surface area contributed by atoms with Gasteiger partial charge in [0, 0.05) is 18.5 Å². The number of ether oxygens (including phenoxy) is 1. The molecule has 0 bridgehead atoms. The molecule has 1 aromatic carbocycles. The topological polar surface area (TPSA) is 73.2 Å². The lowest BCUT2D eigenvalue weighted by molar-refractivity contribution is -0.124. The number of carbonyl (C=O) groups excluding carboxylic acids is 2. The van der Waals surface area contributed by atoms with Crippen LogP contribution < -0.4 is 10.1 Å². The second kappa shape index (κ2) is 8.11. The van der Waals surface area contributed by atoms with E-state index in [1.807, 2.05) is 43.5 Å². The van der Waals surface area contributed by atoms with Crippen LogP contribution in [0.2, 0.25) is 0 Å². The molecule has 1 unspecified atom stereocenters. The predicted octanol–water partition coefficient (Wildman–Crippen LogP) is 3.75. The monoisotopic (exact) mass is 371 g/mol. The number of carbonyl (C=O) groups is 2. The summed E-state index contributed by atoms with van der Waals surface area (Å²) in [6.45, 7) is 6.47. The Hall–Kier alpha value is -2.37. The smallest absolute Gasteiger partial charge is 0.243 e. The highest BCUT2D eigenvalue weighted by Crippen LogP contribution is 2.30. The molecule has 0 saturated heterocycles. The molecule has 27 heavy (non-hydrogen) atoms. The van der Waals surface area contributed by atoms with Crippen molar-refractivity contribution in [2.45, 2.75) is 52.5 Å². The first-order chi connectivity index (χ1) is 13.0. The minimum atomic E-state index is -0.455. The minimum Gasteiger partial charge on any atom is -0.497 e. The van der Waals surface area contributed by atoms with Crippen LogP contribution in [-0.4, -0.2) is 34.9 Å². The number of ketones is 1. The number of Topliss-reactive ketones (excluding diaryl/α,β-unsaturated/α-hetero) is 1. The normalized spacial score (nSPS) is 15.1. The molecule has 1 N–H and O–H groups in total. The maximum Gasteiger partial charge on any atom is 0.243 e. The Morgan fingerprint density at radius 2 is 2.07 bits per heavy atom. The molecule has 1 fully saturated rings. The van der Waals surface area contributed by atoms with Crippen molar-refractivity contribution in [2.24, 2.45) is 11.8 Å². The predicted molar refractivity (Wildman–Crippen MR) is 105 cm³/mol. The molecule has 1 aromatic heterocycles. The maximum atomic E-state index is 13.0. The van der Waals surface area contributed by atoms with Gasteiger partial charge in [0.25, 0.3) is 0 Å². The van der Waals surface area contributed by atoms with Crippen molar-refractivity contribution in [2.75, 3.05) is 13.7 Å². The number of nitrogens with one attached hydrogen (secondary N) is 1. The molecule has 2 aromatic rings. The van der Waals surface area contributed by atoms with Crippen LogP contribution in [0, 0.1) is 11.8 Å². The van der Waals surface area contributed by atoms with Gasteiger partial charge in [0.2, 0.25) is 11.7 Å². The average Bonchev–Trinajstić information content (AvgIpc) is 3.42. The zero-order valence-electron chi connectivity index (χ0n) is 16.6. The van der Waals surface area contributed by atoms with Crippen LogP contribution in [0.4, 0.5) is 0 Å². The summed E-state index contributed by atoms with van der Waals surface area (Å²) in [5.41, 5.74) is 1.47. The second-order valence-corrected chi connectivity index (χ2v) is 7.67. The summed E-state index contributed by atoms with van der Waals surface area (Å²) in [5.74, 6) is 1.35. The molecule has 1 atom stereocenters. The molecular weight excluding hydrogens is 342 g/mol. The SMILES string of the molecule is CCCC(C(=O)NCC1CC1)n1c(C(=O)C(C)C)nc2ccc(OC)cc21. The van der Waals surface area contributed by atoms with Gasteiger partial charge in [0.15, 0.2) is 5.82 Å². The summed E-state index contributed by atoms with van der Waals surface area (Å²) in [4.78, 5) is 30.4. The van der Waals surface area contributed by atoms with E-state index in [1.165, 1.54) is 12.8 Å². The van der Waals surface area contributed by atoms with E-state index in [-0.39, 0.29) is 17.6 Å². The molecular formula is C21H29N3O3. The molecule has 3 rings (SSSR count). The fourth-order valence-corrected chi connectivity index (χ4v) is 3.28. The first-order valence-electron chi connectivity index (χ1n) is 9.84. The van der Waals surface area contributed by atoms with Crippen LogP contribution in [0.1, 0.15) is 63.1 Å². The van der Waals surface area contributed by atoms with E-state index in [1.54, 1.807) is 7.11 Å². The Kier molecular flexibility index (Phi) is 5.82. The fourth-order valence-electron chi connectivity index (χ4n) is 3.28. The number of benzene rings is 1. The van der Waals surface area contributed by atoms with E-state index < -0.39 is 6.04 Å². The van der Waals surface area contributed by atoms with Gasteiger partial charge in [-0.15, -0.1) is 0 Å². The van der Waals surface area contributed by atoms with E-state index in [9.17, 15) is 9.59 Å². The molecule has 0 radical (unpaired) electrons. The van der Waals surface area contributed by atoms with Crippen LogP contribution >= 0.6 is 0 Å². The van der Waals surface area contributed by atoms with E-state index in [0.29, 0.717) is 36.0 Å². The Labute approximate surface area is 160 Å². The second-order valence-electron chi connectivity index (χ2n) is 7.67. The number of rotatable bonds is 9. The van der Waals surface area contributed by atoms with E-state index >= 15 is 0 Å². The Balaban J connectivity index is 2.08. The van der Waals surface area contributed by atoms with Crippen LogP contribution in [0.3, 0.4) is 0 Å². The van der Waals surface area contributed by atoms with Gasteiger partial charge >= 0.3 is 0 Å². The van der Waals surface area contributed by atoms with Gasteiger partial charge in [-0.2, -0.15) is 0 Å². The Morgan fingerprint density at radius 1 is 1.33 bits per heavy atom. The molecule has 1 saturated carbocycles. The zero-order chi connectivity index (χ0) is 19.6. The lowest BCUT2D eigenvalue weighted by atomic mass is 10.1. The number of nitrogens with zero attached hydrogens (tertiary/aromatic N) is 2. The Morgan fingerprint density at radius 3 is 2.67 bits per heavy atom. The van der Waals surface area contributed by atoms with E-state index in [0.717, 1.165) is 11.9 Å². The standard InChI is InChI=1S/C21H29N3O3/c1-5-6-17(21(26)22-12-14-7-8-14)24-18-11-15(27-4)9-10-16(18)23-20(24)19(25)13(2)3/h9-11,13-14,17H,5-8,12H2,1-4H3,(H,22,26). The van der Waals surface area contributed by atoms with Crippen molar-refractivity contribution in [3.05, 3.63) is 24.0 Å². The van der Waals surface area contributed by atoms with Gasteiger partial charge < -0.3 is 14.6 Å². The third kappa shape index (κ3) is 4.15. The van der Waals surface area contributed by atoms with Gasteiger partial charge in [0.05, 0.1) is 18.1 Å². The average molecular weight is 371 g/mol. The van der Waals surface area contributed by atoms with E-state index in [2.05, 4.69) is 10.3 Å². The van der Waals surface area contributed by atoms with Crippen molar-refractivity contribution in [3.63, 3.8) is 0 Å². The van der Waals surface area contributed by atoms with Gasteiger partial charge in [-0.25, -0.2) is 4.98 Å². The number of methoxy groups -OCH3 is 1. The quantitative estimate of drug-likeness (QED) is 0.681. The first kappa shape index (κ1) is 19.4. The highest BCUT2D eigenvalue weighted by molar-refractivity contribution is 5.99. The van der Waals surface area contributed by atoms with Crippen molar-refractivity contribution >= 4 is 22.7 Å². The number of hydrogen-bond donors (Lipinski definition) is 1. The van der Waals surface area contributed by atoms with Crippen molar-refractivity contribution in [1.82, 2.24) is 14.9 Å². The minimum absolute atomic E-state index is 0.0383. The van der Waals surface area contributed by atoms with Crippen molar-refractivity contribution in [1.29, 1.82) is 0 Å². The fraction of sp³-hybridized carbons (Fsp3) is 0.571. The number of hydrogen-bond acceptors (Lipinski definition) is 4. The molecule has 1 heterocycles. The first-order valence-corrected chi connectivity index (χ1v) is 9.84. The summed E-state index contributed by atoms with van der Waals surface area (Å²) >= 11 is 0. The van der Waals surface area contributed by atoms with Gasteiger partial charge in [-0.05, 0) is 37.3 Å². The number of aromatic nitrogens is 2. The summed E-state index contributed by atoms with van der Waals surface area (Å²) in [6, 6.07) is 5.07. The summed E-state index contributed by atoms with van der Waals surface area (Å²) in [5, 5.41) is 3.08. The van der Waals surface area contributed by atoms with Crippen molar-refractivity contribution in [3.8, 4) is 5.75 Å². The molecule has 1 aliphatic rings. The summed E-state index contributed by atoms with van der Waals surface area (Å²) < 4.78 is 7.18. The molecule has 6 nitrogen and oxygen atoms in total. The Bertz CT molecular complexity index is 837. The highest BCUT2D eigenvalue weighted by Gasteiger charge is 2.30. The number of amides is 1. The van der Waals surface area contributed by atoms with Crippen molar-refractivity contribution < 1.29 is 14.3 Å². The van der Waals surface area contributed by atoms with Gasteiger partial charge in [-0.1, -0.05) is 27.2 Å². The molecule has 1 aliphatic carbocycles.